The first-order chi connectivity index (χ1) is 11.9. The van der Waals surface area contributed by atoms with E-state index >= 15 is 0 Å². The van der Waals surface area contributed by atoms with Gasteiger partial charge in [-0.2, -0.15) is 21.6 Å². The van der Waals surface area contributed by atoms with Crippen molar-refractivity contribution in [3.63, 3.8) is 0 Å². The SMILES string of the molecule is CCOC(=O)c1c(OS(=O)(=O)C(F)(F)F)c2cc(Cl)ccc2c(=O)n1C. The van der Waals surface area contributed by atoms with Crippen molar-refractivity contribution in [3.8, 4) is 5.75 Å². The van der Waals surface area contributed by atoms with Crippen LogP contribution in [0.1, 0.15) is 17.4 Å². The number of hydrogen-bond donors (Lipinski definition) is 0. The Labute approximate surface area is 150 Å². The number of aromatic nitrogens is 1. The summed E-state index contributed by atoms with van der Waals surface area (Å²) < 4.78 is 70.7. The molecule has 2 aromatic rings. The first-order valence-electron chi connectivity index (χ1n) is 6.90. The molecule has 26 heavy (non-hydrogen) atoms. The van der Waals surface area contributed by atoms with Crippen molar-refractivity contribution in [1.82, 2.24) is 4.57 Å². The van der Waals surface area contributed by atoms with Crippen molar-refractivity contribution in [2.45, 2.75) is 12.4 Å². The zero-order chi connectivity index (χ0) is 19.9. The minimum atomic E-state index is -6.12. The predicted molar refractivity (Wildman–Crippen MR) is 85.8 cm³/mol. The summed E-state index contributed by atoms with van der Waals surface area (Å²) in [7, 11) is -5.06. The van der Waals surface area contributed by atoms with Gasteiger partial charge in [-0.15, -0.1) is 0 Å². The van der Waals surface area contributed by atoms with Gasteiger partial charge in [-0.3, -0.25) is 4.79 Å². The standard InChI is InChI=1S/C14H11ClF3NO6S/c1-3-24-13(21)10-11(25-26(22,23)14(16,17)18)9-6-7(15)4-5-8(9)12(20)19(10)2/h4-6H,3H2,1-2H3. The van der Waals surface area contributed by atoms with Gasteiger partial charge in [-0.25, -0.2) is 4.79 Å². The van der Waals surface area contributed by atoms with E-state index in [9.17, 15) is 31.2 Å². The average Bonchev–Trinajstić information content (AvgIpc) is 2.51. The number of rotatable bonds is 4. The lowest BCUT2D eigenvalue weighted by molar-refractivity contribution is -0.0500. The Balaban J connectivity index is 2.94. The maximum atomic E-state index is 12.7. The molecular weight excluding hydrogens is 403 g/mol. The third-order valence-electron chi connectivity index (χ3n) is 3.26. The predicted octanol–water partition coefficient (Wildman–Crippen LogP) is 2.60. The van der Waals surface area contributed by atoms with Gasteiger partial charge in [0.2, 0.25) is 0 Å². The Morgan fingerprint density at radius 2 is 1.88 bits per heavy atom. The minimum absolute atomic E-state index is 0.0187. The van der Waals surface area contributed by atoms with Crippen molar-refractivity contribution >= 4 is 38.5 Å². The number of halogens is 4. The molecule has 1 aromatic heterocycles. The number of nitrogens with zero attached hydrogens (tertiary/aromatic N) is 1. The molecule has 0 saturated carbocycles. The molecule has 0 fully saturated rings. The smallest absolute Gasteiger partial charge is 0.461 e. The Hall–Kier alpha value is -2.27. The summed E-state index contributed by atoms with van der Waals surface area (Å²) in [4.78, 5) is 24.5. The molecule has 0 aliphatic carbocycles. The van der Waals surface area contributed by atoms with Crippen LogP contribution >= 0.6 is 11.6 Å². The van der Waals surface area contributed by atoms with Gasteiger partial charge in [0.1, 0.15) is 0 Å². The molecule has 7 nitrogen and oxygen atoms in total. The number of ether oxygens (including phenoxy) is 1. The summed E-state index contributed by atoms with van der Waals surface area (Å²) in [5.74, 6) is -2.23. The molecule has 0 N–H and O–H groups in total. The average molecular weight is 414 g/mol. The van der Waals surface area contributed by atoms with Crippen molar-refractivity contribution < 1.29 is 35.3 Å². The van der Waals surface area contributed by atoms with Gasteiger partial charge >= 0.3 is 21.6 Å². The number of fused-ring (bicyclic) bond motifs is 1. The van der Waals surface area contributed by atoms with Gasteiger partial charge in [-0.05, 0) is 25.1 Å². The second-order valence-corrected chi connectivity index (χ2v) is 6.91. The van der Waals surface area contributed by atoms with Gasteiger partial charge in [-0.1, -0.05) is 11.6 Å². The maximum absolute atomic E-state index is 12.7. The quantitative estimate of drug-likeness (QED) is 0.434. The van der Waals surface area contributed by atoms with Gasteiger partial charge in [0, 0.05) is 17.5 Å². The summed E-state index contributed by atoms with van der Waals surface area (Å²) in [5.41, 5.74) is -7.32. The molecule has 0 atom stereocenters. The third kappa shape index (κ3) is 3.49. The van der Waals surface area contributed by atoms with E-state index in [2.05, 4.69) is 4.18 Å². The van der Waals surface area contributed by atoms with E-state index in [1.165, 1.54) is 19.1 Å². The maximum Gasteiger partial charge on any atom is 0.534 e. The summed E-state index contributed by atoms with van der Waals surface area (Å²) in [6, 6.07) is 3.46. The van der Waals surface area contributed by atoms with Crippen LogP contribution in [0.5, 0.6) is 5.75 Å². The van der Waals surface area contributed by atoms with Crippen LogP contribution in [0.2, 0.25) is 5.02 Å². The summed E-state index contributed by atoms with van der Waals surface area (Å²) in [6.45, 7) is 1.24. The first kappa shape index (κ1) is 20.0. The molecule has 0 bridgehead atoms. The molecule has 142 valence electrons. The van der Waals surface area contributed by atoms with Crippen LogP contribution in [0.4, 0.5) is 13.2 Å². The Bertz CT molecular complexity index is 1050. The van der Waals surface area contributed by atoms with E-state index in [0.29, 0.717) is 4.57 Å². The molecule has 1 heterocycles. The lowest BCUT2D eigenvalue weighted by Crippen LogP contribution is -2.31. The fourth-order valence-corrected chi connectivity index (χ4v) is 2.78. The van der Waals surface area contributed by atoms with Gasteiger partial charge in [0.15, 0.2) is 11.4 Å². The van der Waals surface area contributed by atoms with Crippen LogP contribution in [0, 0.1) is 0 Å². The Morgan fingerprint density at radius 1 is 1.27 bits per heavy atom. The number of alkyl halides is 3. The van der Waals surface area contributed by atoms with Crippen LogP contribution in [-0.2, 0) is 21.9 Å². The molecule has 0 aliphatic heterocycles. The van der Waals surface area contributed by atoms with Crippen molar-refractivity contribution in [2.75, 3.05) is 6.61 Å². The molecule has 0 amide bonds. The second-order valence-electron chi connectivity index (χ2n) is 4.94. The van der Waals surface area contributed by atoms with E-state index in [0.717, 1.165) is 13.1 Å². The largest absolute Gasteiger partial charge is 0.534 e. The van der Waals surface area contributed by atoms with Gasteiger partial charge in [0.05, 0.1) is 12.0 Å². The van der Waals surface area contributed by atoms with Crippen LogP contribution < -0.4 is 9.74 Å². The highest BCUT2D eigenvalue weighted by Gasteiger charge is 2.49. The molecule has 0 aliphatic rings. The highest BCUT2D eigenvalue weighted by Crippen LogP contribution is 2.34. The monoisotopic (exact) mass is 413 g/mol. The number of esters is 1. The highest BCUT2D eigenvalue weighted by molar-refractivity contribution is 7.88. The van der Waals surface area contributed by atoms with Crippen molar-refractivity contribution in [3.05, 3.63) is 39.3 Å². The highest BCUT2D eigenvalue weighted by atomic mass is 35.5. The number of pyridine rings is 1. The molecule has 0 radical (unpaired) electrons. The van der Waals surface area contributed by atoms with E-state index in [-0.39, 0.29) is 22.4 Å². The normalized spacial score (nSPS) is 12.2. The molecule has 1 aromatic carbocycles. The van der Waals surface area contributed by atoms with Crippen LogP contribution in [0.3, 0.4) is 0 Å². The molecule has 0 saturated heterocycles. The topological polar surface area (TPSA) is 91.7 Å². The molecular formula is C14H11ClF3NO6S. The van der Waals surface area contributed by atoms with E-state index in [1.807, 2.05) is 0 Å². The third-order valence-corrected chi connectivity index (χ3v) is 4.45. The van der Waals surface area contributed by atoms with Crippen LogP contribution in [0.25, 0.3) is 10.8 Å². The van der Waals surface area contributed by atoms with Crippen molar-refractivity contribution in [1.29, 1.82) is 0 Å². The minimum Gasteiger partial charge on any atom is -0.461 e. The zero-order valence-electron chi connectivity index (χ0n) is 13.3. The van der Waals surface area contributed by atoms with E-state index in [4.69, 9.17) is 16.3 Å². The van der Waals surface area contributed by atoms with Gasteiger partial charge in [0.25, 0.3) is 5.56 Å². The summed E-state index contributed by atoms with van der Waals surface area (Å²) in [6.07, 6.45) is 0. The molecule has 0 spiro atoms. The Kier molecular flexibility index (Phi) is 5.24. The van der Waals surface area contributed by atoms with Crippen molar-refractivity contribution in [2.24, 2.45) is 7.05 Å². The number of carbonyl (C=O) groups excluding carboxylic acids is 1. The molecule has 0 unspecified atom stereocenters. The number of benzene rings is 1. The van der Waals surface area contributed by atoms with Crippen LogP contribution in [0.15, 0.2) is 23.0 Å². The molecule has 2 rings (SSSR count). The van der Waals surface area contributed by atoms with E-state index < -0.39 is 38.6 Å². The van der Waals surface area contributed by atoms with E-state index in [1.54, 1.807) is 0 Å². The summed E-state index contributed by atoms with van der Waals surface area (Å²) in [5, 5.41) is -0.594. The number of carbonyl (C=O) groups is 1. The van der Waals surface area contributed by atoms with Gasteiger partial charge < -0.3 is 13.5 Å². The lowest BCUT2D eigenvalue weighted by atomic mass is 10.1. The molecule has 12 heteroatoms. The first-order valence-corrected chi connectivity index (χ1v) is 8.69. The summed E-state index contributed by atoms with van der Waals surface area (Å²) >= 11 is 5.78. The zero-order valence-corrected chi connectivity index (χ0v) is 14.8. The Morgan fingerprint density at radius 3 is 2.42 bits per heavy atom. The lowest BCUT2D eigenvalue weighted by Gasteiger charge is -2.17. The fourth-order valence-electron chi connectivity index (χ4n) is 2.12. The fraction of sp³-hybridized carbons (Fsp3) is 0.286. The number of hydrogen-bond acceptors (Lipinski definition) is 6. The van der Waals surface area contributed by atoms with Crippen LogP contribution in [-0.4, -0.2) is 31.1 Å². The second kappa shape index (κ2) is 6.80.